The summed E-state index contributed by atoms with van der Waals surface area (Å²) in [6.07, 6.45) is 1.68. The van der Waals surface area contributed by atoms with Gasteiger partial charge in [-0.1, -0.05) is 30.3 Å². The first-order valence-corrected chi connectivity index (χ1v) is 14.7. The number of para-hydroxylation sites is 1. The molecule has 12 nitrogen and oxygen atoms in total. The molecule has 1 aromatic heterocycles. The van der Waals surface area contributed by atoms with Crippen LogP contribution in [0.3, 0.4) is 0 Å². The van der Waals surface area contributed by atoms with E-state index in [1.54, 1.807) is 29.2 Å². The Morgan fingerprint density at radius 3 is 2.52 bits per heavy atom. The average molecular weight is 591 g/mol. The highest BCUT2D eigenvalue weighted by Crippen LogP contribution is 2.32. The molecular weight excluding hydrogens is 556 g/mol. The minimum Gasteiger partial charge on any atom is -0.370 e. The van der Waals surface area contributed by atoms with Gasteiger partial charge in [-0.3, -0.25) is 24.2 Å². The van der Waals surface area contributed by atoms with Crippen molar-refractivity contribution in [1.82, 2.24) is 20.1 Å². The second kappa shape index (κ2) is 12.7. The van der Waals surface area contributed by atoms with Crippen molar-refractivity contribution in [2.24, 2.45) is 22.2 Å². The molecule has 5 rings (SSSR count). The summed E-state index contributed by atoms with van der Waals surface area (Å²) in [6, 6.07) is 13.3. The Hall–Kier alpha value is -4.36. The maximum atomic E-state index is 13.7. The highest BCUT2D eigenvalue weighted by molar-refractivity contribution is 7.20. The molecule has 7 N–H and O–H groups in total. The van der Waals surface area contributed by atoms with Gasteiger partial charge in [0.15, 0.2) is 11.0 Å². The number of piperazine rings is 1. The number of nitrogens with zero attached hydrogens (tertiary/aromatic N) is 4. The van der Waals surface area contributed by atoms with Crippen LogP contribution < -0.4 is 22.5 Å². The number of Topliss-reactive ketones (excluding diaryl/α,β-unsaturated/α-hetero) is 1. The number of carbonyl (C=O) groups is 4. The summed E-state index contributed by atoms with van der Waals surface area (Å²) in [5.74, 6) is -1.42. The molecule has 3 heterocycles. The van der Waals surface area contributed by atoms with Crippen molar-refractivity contribution in [3.8, 4) is 0 Å². The summed E-state index contributed by atoms with van der Waals surface area (Å²) >= 11 is 1.26. The van der Waals surface area contributed by atoms with Gasteiger partial charge in [0.1, 0.15) is 12.1 Å². The Bertz CT molecular complexity index is 1470. The van der Waals surface area contributed by atoms with E-state index in [1.807, 2.05) is 30.3 Å². The number of carbonyl (C=O) groups excluding carboxylic acids is 4. The second-order valence-corrected chi connectivity index (χ2v) is 11.5. The molecule has 0 saturated carbocycles. The number of guanidine groups is 1. The van der Waals surface area contributed by atoms with E-state index < -0.39 is 24.0 Å². The third-order valence-electron chi connectivity index (χ3n) is 7.72. The lowest BCUT2D eigenvalue weighted by Crippen LogP contribution is -2.66. The molecule has 4 atom stereocenters. The fourth-order valence-electron chi connectivity index (χ4n) is 5.68. The highest BCUT2D eigenvalue weighted by Gasteiger charge is 2.50. The number of thiazole rings is 1. The van der Waals surface area contributed by atoms with Crippen molar-refractivity contribution >= 4 is 51.0 Å². The Kier molecular flexibility index (Phi) is 8.78. The molecule has 220 valence electrons. The van der Waals surface area contributed by atoms with Crippen molar-refractivity contribution in [3.05, 3.63) is 65.2 Å². The smallest absolute Gasteiger partial charge is 0.254 e. The fraction of sp³-hybridized carbons (Fsp3) is 0.379. The summed E-state index contributed by atoms with van der Waals surface area (Å²) in [4.78, 5) is 65.7. The lowest BCUT2D eigenvalue weighted by atomic mass is 10.0. The number of hydrogen-bond acceptors (Lipinski definition) is 8. The number of benzene rings is 2. The zero-order valence-corrected chi connectivity index (χ0v) is 23.8. The normalized spacial score (nSPS) is 20.7. The van der Waals surface area contributed by atoms with Crippen molar-refractivity contribution in [1.29, 1.82) is 0 Å². The minimum absolute atomic E-state index is 0.0528. The molecule has 2 aliphatic heterocycles. The summed E-state index contributed by atoms with van der Waals surface area (Å²) in [7, 11) is 0. The van der Waals surface area contributed by atoms with Gasteiger partial charge in [-0.05, 0) is 49.9 Å². The Morgan fingerprint density at radius 2 is 1.81 bits per heavy atom. The maximum Gasteiger partial charge on any atom is 0.254 e. The van der Waals surface area contributed by atoms with E-state index in [2.05, 4.69) is 15.3 Å². The molecule has 42 heavy (non-hydrogen) atoms. The quantitative estimate of drug-likeness (QED) is 0.116. The molecule has 2 saturated heterocycles. The van der Waals surface area contributed by atoms with Crippen LogP contribution >= 0.6 is 11.3 Å². The van der Waals surface area contributed by atoms with Crippen molar-refractivity contribution in [2.45, 2.75) is 49.9 Å². The Morgan fingerprint density at radius 1 is 1.07 bits per heavy atom. The van der Waals surface area contributed by atoms with Crippen LogP contribution in [0.2, 0.25) is 0 Å². The zero-order chi connectivity index (χ0) is 29.8. The van der Waals surface area contributed by atoms with Gasteiger partial charge in [0.05, 0.1) is 22.3 Å². The predicted molar refractivity (Wildman–Crippen MR) is 160 cm³/mol. The fourth-order valence-corrected chi connectivity index (χ4v) is 6.64. The van der Waals surface area contributed by atoms with E-state index in [0.29, 0.717) is 41.9 Å². The third kappa shape index (κ3) is 5.97. The lowest BCUT2D eigenvalue weighted by molar-refractivity contribution is -0.148. The summed E-state index contributed by atoms with van der Waals surface area (Å²) in [5.41, 5.74) is 18.0. The van der Waals surface area contributed by atoms with Crippen LogP contribution in [-0.2, 0) is 9.59 Å². The van der Waals surface area contributed by atoms with Crippen molar-refractivity contribution in [2.75, 3.05) is 19.6 Å². The third-order valence-corrected chi connectivity index (χ3v) is 8.77. The largest absolute Gasteiger partial charge is 0.370 e. The van der Waals surface area contributed by atoms with Gasteiger partial charge in [-0.2, -0.15) is 0 Å². The molecule has 3 amide bonds. The molecule has 0 aliphatic carbocycles. The van der Waals surface area contributed by atoms with E-state index in [1.165, 1.54) is 16.2 Å². The van der Waals surface area contributed by atoms with Crippen LogP contribution in [0.1, 0.15) is 45.8 Å². The van der Waals surface area contributed by atoms with E-state index in [-0.39, 0.29) is 49.1 Å². The number of rotatable bonds is 10. The van der Waals surface area contributed by atoms with Gasteiger partial charge >= 0.3 is 0 Å². The van der Waals surface area contributed by atoms with Crippen molar-refractivity contribution < 1.29 is 19.2 Å². The molecular formula is C29H34N8O4S. The van der Waals surface area contributed by atoms with Crippen LogP contribution in [0, 0.1) is 0 Å². The molecule has 2 aromatic carbocycles. The molecule has 0 spiro atoms. The topological polar surface area (TPSA) is 190 Å². The highest BCUT2D eigenvalue weighted by atomic mass is 32.1. The number of amides is 3. The average Bonchev–Trinajstić information content (AvgIpc) is 3.63. The molecule has 2 fully saturated rings. The zero-order valence-electron chi connectivity index (χ0n) is 23.0. The number of nitrogens with two attached hydrogens (primary N) is 3. The van der Waals surface area contributed by atoms with Gasteiger partial charge in [-0.25, -0.2) is 4.98 Å². The lowest BCUT2D eigenvalue weighted by Gasteiger charge is -2.44. The molecule has 3 aromatic rings. The first-order chi connectivity index (χ1) is 20.3. The van der Waals surface area contributed by atoms with E-state index >= 15 is 0 Å². The number of hydrogen-bond donors (Lipinski definition) is 4. The molecule has 4 unspecified atom stereocenters. The van der Waals surface area contributed by atoms with Crippen LogP contribution in [0.25, 0.3) is 10.2 Å². The van der Waals surface area contributed by atoms with Crippen molar-refractivity contribution in [3.63, 3.8) is 0 Å². The van der Waals surface area contributed by atoms with Gasteiger partial charge in [0.25, 0.3) is 5.91 Å². The number of aromatic nitrogens is 1. The number of aliphatic imine (C=N–C) groups is 1. The van der Waals surface area contributed by atoms with Crippen LogP contribution in [0.4, 0.5) is 0 Å². The Labute approximate surface area is 246 Å². The van der Waals surface area contributed by atoms with Gasteiger partial charge in [-0.15, -0.1) is 11.3 Å². The monoisotopic (exact) mass is 590 g/mol. The summed E-state index contributed by atoms with van der Waals surface area (Å²) in [5, 5.41) is 3.19. The van der Waals surface area contributed by atoms with Gasteiger partial charge in [0, 0.05) is 25.2 Å². The van der Waals surface area contributed by atoms with Gasteiger partial charge in [0.2, 0.25) is 17.6 Å². The minimum atomic E-state index is -0.887. The van der Waals surface area contributed by atoms with Gasteiger partial charge < -0.3 is 32.3 Å². The molecule has 0 radical (unpaired) electrons. The maximum absolute atomic E-state index is 13.7. The first-order valence-electron chi connectivity index (χ1n) is 13.9. The van der Waals surface area contributed by atoms with E-state index in [4.69, 9.17) is 17.2 Å². The van der Waals surface area contributed by atoms with E-state index in [9.17, 15) is 19.2 Å². The van der Waals surface area contributed by atoms with Crippen LogP contribution in [-0.4, -0.2) is 88.0 Å². The SMILES string of the molecule is NCC1C(=O)N2C(CCC2C(=O)NC(CCCN=C(N)N)C(=O)c2nc3ccccc3s2)CN1C(=O)c1ccccc1. The first kappa shape index (κ1) is 29.1. The molecule has 0 bridgehead atoms. The number of nitrogens with one attached hydrogen (secondary N) is 1. The standard InChI is InChI=1S/C29H34N8O4S/c30-15-22-28(41)37-18(16-36(22)27(40)17-7-2-1-3-8-17)12-13-21(37)25(39)34-20(10-6-14-33-29(31)32)24(38)26-35-19-9-4-5-11-23(19)42-26/h1-5,7-9,11,18,20-22H,6,10,12-16,30H2,(H,34,39)(H4,31,32,33). The van der Waals surface area contributed by atoms with Crippen LogP contribution in [0.15, 0.2) is 59.6 Å². The predicted octanol–water partition coefficient (Wildman–Crippen LogP) is 0.860. The number of fused-ring (bicyclic) bond motifs is 2. The summed E-state index contributed by atoms with van der Waals surface area (Å²) < 4.78 is 0.867. The van der Waals surface area contributed by atoms with E-state index in [0.717, 1.165) is 4.70 Å². The second-order valence-electron chi connectivity index (χ2n) is 10.4. The molecule has 2 aliphatic rings. The summed E-state index contributed by atoms with van der Waals surface area (Å²) in [6.45, 7) is 0.498. The Balaban J connectivity index is 1.33. The van der Waals surface area contributed by atoms with Crippen LogP contribution in [0.5, 0.6) is 0 Å². The molecule has 13 heteroatoms. The number of ketones is 1.